The number of pyridine rings is 1. The molecule has 0 saturated heterocycles. The van der Waals surface area contributed by atoms with Gasteiger partial charge < -0.3 is 0 Å². The quantitative estimate of drug-likeness (QED) is 0.791. The summed E-state index contributed by atoms with van der Waals surface area (Å²) in [6.45, 7) is 2.68. The average molecular weight is 338 g/mol. The van der Waals surface area contributed by atoms with E-state index in [1.165, 1.54) is 4.31 Å². The molecule has 0 radical (unpaired) electrons. The highest BCUT2D eigenvalue weighted by molar-refractivity contribution is 7.89. The summed E-state index contributed by atoms with van der Waals surface area (Å²) in [5.41, 5.74) is 2.61. The number of sulfonamides is 1. The Hall–Kier alpha value is -2.42. The molecular weight excluding hydrogens is 320 g/mol. The number of hydrogen-bond acceptors (Lipinski definition) is 3. The minimum absolute atomic E-state index is 0.346. The van der Waals surface area contributed by atoms with Gasteiger partial charge in [-0.15, -0.1) is 0 Å². The number of benzene rings is 1. The van der Waals surface area contributed by atoms with E-state index in [1.54, 1.807) is 24.4 Å². The predicted molar refractivity (Wildman–Crippen MR) is 93.8 cm³/mol. The lowest BCUT2D eigenvalue weighted by molar-refractivity contribution is 0.434. The third kappa shape index (κ3) is 3.73. The molecule has 0 aliphatic carbocycles. The number of nitrogens with zero attached hydrogens (tertiary/aromatic N) is 2. The average Bonchev–Trinajstić information content (AvgIpc) is 2.61. The molecule has 0 unspecified atom stereocenters. The molecule has 3 rings (SSSR count). The smallest absolute Gasteiger partial charge is 0.243 e. The molecular formula is C19H18N2O2S. The molecule has 122 valence electrons. The summed E-state index contributed by atoms with van der Waals surface area (Å²) in [6.07, 6.45) is 4.20. The van der Waals surface area contributed by atoms with Gasteiger partial charge in [0.2, 0.25) is 10.0 Å². The van der Waals surface area contributed by atoms with Crippen molar-refractivity contribution in [3.63, 3.8) is 0 Å². The fourth-order valence-electron chi connectivity index (χ4n) is 2.49. The maximum atomic E-state index is 12.7. The van der Waals surface area contributed by atoms with Crippen LogP contribution >= 0.6 is 0 Å². The topological polar surface area (TPSA) is 50.3 Å². The summed E-state index contributed by atoms with van der Waals surface area (Å²) in [5, 5.41) is 0. The van der Waals surface area contributed by atoms with Gasteiger partial charge in [-0.05, 0) is 49.1 Å². The largest absolute Gasteiger partial charge is 0.248 e. The van der Waals surface area contributed by atoms with E-state index in [1.807, 2.05) is 37.3 Å². The van der Waals surface area contributed by atoms with Crippen LogP contribution in [0.25, 0.3) is 0 Å². The van der Waals surface area contributed by atoms with Crippen molar-refractivity contribution in [1.29, 1.82) is 0 Å². The number of rotatable bonds is 2. The highest BCUT2D eigenvalue weighted by atomic mass is 32.2. The first-order valence-electron chi connectivity index (χ1n) is 7.74. The standard InChI is InChI=1S/C19H18N2O2S/c1-16-5-4-7-19(15-16)24(22,23)21-13-10-17(11-14-21)8-9-18-6-2-3-12-20-18/h2-7,10,12,15H,11,13-14H2,1H3. The van der Waals surface area contributed by atoms with Gasteiger partial charge in [0.05, 0.1) is 4.90 Å². The molecule has 1 aromatic carbocycles. The third-order valence-corrected chi connectivity index (χ3v) is 5.68. The lowest BCUT2D eigenvalue weighted by atomic mass is 10.1. The highest BCUT2D eigenvalue weighted by Crippen LogP contribution is 2.21. The second-order valence-corrected chi connectivity index (χ2v) is 7.56. The second-order valence-electron chi connectivity index (χ2n) is 5.62. The molecule has 0 N–H and O–H groups in total. The minimum Gasteiger partial charge on any atom is -0.248 e. The predicted octanol–water partition coefficient (Wildman–Crippen LogP) is 2.76. The fourth-order valence-corrected chi connectivity index (χ4v) is 3.97. The summed E-state index contributed by atoms with van der Waals surface area (Å²) >= 11 is 0. The van der Waals surface area contributed by atoms with E-state index in [0.29, 0.717) is 30.1 Å². The lowest BCUT2D eigenvalue weighted by Gasteiger charge is -2.24. The molecule has 0 bridgehead atoms. The molecule has 0 spiro atoms. The van der Waals surface area contributed by atoms with Crippen LogP contribution in [0.2, 0.25) is 0 Å². The van der Waals surface area contributed by atoms with Crippen LogP contribution in [0, 0.1) is 18.8 Å². The van der Waals surface area contributed by atoms with Crippen molar-refractivity contribution in [3.8, 4) is 11.8 Å². The van der Waals surface area contributed by atoms with E-state index in [4.69, 9.17) is 0 Å². The van der Waals surface area contributed by atoms with E-state index < -0.39 is 10.0 Å². The highest BCUT2D eigenvalue weighted by Gasteiger charge is 2.25. The van der Waals surface area contributed by atoms with E-state index in [0.717, 1.165) is 11.1 Å². The van der Waals surface area contributed by atoms with Crippen LogP contribution in [0.4, 0.5) is 0 Å². The first-order valence-corrected chi connectivity index (χ1v) is 9.18. The molecule has 2 heterocycles. The zero-order chi connectivity index (χ0) is 17.0. The fraction of sp³-hybridized carbons (Fsp3) is 0.211. The van der Waals surface area contributed by atoms with Crippen LogP contribution in [0.15, 0.2) is 65.2 Å². The molecule has 24 heavy (non-hydrogen) atoms. The van der Waals surface area contributed by atoms with Crippen LogP contribution in [-0.4, -0.2) is 30.8 Å². The van der Waals surface area contributed by atoms with E-state index in [-0.39, 0.29) is 0 Å². The first-order chi connectivity index (χ1) is 11.6. The number of aryl methyl sites for hydroxylation is 1. The Morgan fingerprint density at radius 2 is 2.00 bits per heavy atom. The monoisotopic (exact) mass is 338 g/mol. The van der Waals surface area contributed by atoms with E-state index in [2.05, 4.69) is 16.8 Å². The van der Waals surface area contributed by atoms with Crippen molar-refractivity contribution < 1.29 is 8.42 Å². The van der Waals surface area contributed by atoms with Gasteiger partial charge in [0.15, 0.2) is 0 Å². The van der Waals surface area contributed by atoms with Crippen LogP contribution in [-0.2, 0) is 10.0 Å². The molecule has 0 atom stereocenters. The van der Waals surface area contributed by atoms with E-state index in [9.17, 15) is 8.42 Å². The Morgan fingerprint density at radius 1 is 1.12 bits per heavy atom. The molecule has 1 aromatic heterocycles. The van der Waals surface area contributed by atoms with Gasteiger partial charge in [-0.1, -0.05) is 30.2 Å². The number of hydrogen-bond donors (Lipinski definition) is 0. The zero-order valence-electron chi connectivity index (χ0n) is 13.4. The zero-order valence-corrected chi connectivity index (χ0v) is 14.3. The van der Waals surface area contributed by atoms with Crippen molar-refractivity contribution >= 4 is 10.0 Å². The van der Waals surface area contributed by atoms with Gasteiger partial charge in [-0.3, -0.25) is 0 Å². The molecule has 0 fully saturated rings. The van der Waals surface area contributed by atoms with Gasteiger partial charge in [0.25, 0.3) is 0 Å². The summed E-state index contributed by atoms with van der Waals surface area (Å²) in [5.74, 6) is 6.10. The molecule has 5 heteroatoms. The Kier molecular flexibility index (Phi) is 4.79. The normalized spacial score (nSPS) is 15.3. The molecule has 1 aliphatic heterocycles. The Bertz CT molecular complexity index is 923. The SMILES string of the molecule is Cc1cccc(S(=O)(=O)N2CC=C(C#Cc3ccccn3)CC2)c1. The van der Waals surface area contributed by atoms with Crippen molar-refractivity contribution in [1.82, 2.24) is 9.29 Å². The molecule has 2 aromatic rings. The maximum absolute atomic E-state index is 12.7. The van der Waals surface area contributed by atoms with Crippen LogP contribution in [0.3, 0.4) is 0 Å². The van der Waals surface area contributed by atoms with Crippen molar-refractivity contribution in [2.45, 2.75) is 18.2 Å². The van der Waals surface area contributed by atoms with E-state index >= 15 is 0 Å². The summed E-state index contributed by atoms with van der Waals surface area (Å²) < 4.78 is 26.8. The van der Waals surface area contributed by atoms with Crippen molar-refractivity contribution in [3.05, 3.63) is 71.6 Å². The van der Waals surface area contributed by atoms with Crippen molar-refractivity contribution in [2.24, 2.45) is 0 Å². The van der Waals surface area contributed by atoms with Gasteiger partial charge >= 0.3 is 0 Å². The minimum atomic E-state index is -3.45. The summed E-state index contributed by atoms with van der Waals surface area (Å²) in [7, 11) is -3.45. The van der Waals surface area contributed by atoms with Gasteiger partial charge in [-0.2, -0.15) is 4.31 Å². The third-order valence-electron chi connectivity index (χ3n) is 3.82. The van der Waals surface area contributed by atoms with Gasteiger partial charge in [0.1, 0.15) is 5.69 Å². The molecule has 0 amide bonds. The van der Waals surface area contributed by atoms with Gasteiger partial charge in [0, 0.05) is 24.9 Å². The van der Waals surface area contributed by atoms with Crippen LogP contribution in [0.5, 0.6) is 0 Å². The number of aromatic nitrogens is 1. The second kappa shape index (κ2) is 7.00. The molecule has 1 aliphatic rings. The Labute approximate surface area is 142 Å². The summed E-state index contributed by atoms with van der Waals surface area (Å²) in [4.78, 5) is 4.50. The Balaban J connectivity index is 1.74. The summed E-state index contributed by atoms with van der Waals surface area (Å²) in [6, 6.07) is 12.6. The van der Waals surface area contributed by atoms with Crippen LogP contribution in [0.1, 0.15) is 17.7 Å². The first kappa shape index (κ1) is 16.4. The lowest BCUT2D eigenvalue weighted by Crippen LogP contribution is -2.34. The van der Waals surface area contributed by atoms with Crippen LogP contribution < -0.4 is 0 Å². The van der Waals surface area contributed by atoms with Gasteiger partial charge in [-0.25, -0.2) is 13.4 Å². The molecule has 4 nitrogen and oxygen atoms in total. The molecule has 0 saturated carbocycles. The Morgan fingerprint density at radius 3 is 2.67 bits per heavy atom. The van der Waals surface area contributed by atoms with Crippen molar-refractivity contribution in [2.75, 3.05) is 13.1 Å². The maximum Gasteiger partial charge on any atom is 0.243 e.